The van der Waals surface area contributed by atoms with Crippen LogP contribution in [0, 0.1) is 0 Å². The minimum atomic E-state index is -5.02. The van der Waals surface area contributed by atoms with Crippen LogP contribution in [0.1, 0.15) is 59.7 Å². The lowest BCUT2D eigenvalue weighted by atomic mass is 10.0. The number of aryl methyl sites for hydroxylation is 1. The van der Waals surface area contributed by atoms with Crippen molar-refractivity contribution in [2.24, 2.45) is 7.05 Å². The standard InChI is InChI=1S/C35H40F6N10O2/c1-5-26-13-27(20-50(26)30-29(31(53)47(2)3)17-44-33(46-30)49-8-6-28(52)7-9-49)51(32-42-14-22(15-43-32)23-16-45-48(4)19-23)18-21-10-24(34(36,37)38)12-25(11-21)35(39,40)41/h10-12,14-17,19,26-28,52H,5-9,13,18,20H2,1-4H3/t26-,27+/m1/s1. The monoisotopic (exact) mass is 746 g/mol. The number of aliphatic hydroxyl groups is 1. The zero-order chi connectivity index (χ0) is 38.2. The first-order chi connectivity index (χ1) is 25.0. The van der Waals surface area contributed by atoms with E-state index in [0.717, 1.165) is 17.7 Å². The highest BCUT2D eigenvalue weighted by atomic mass is 19.4. The maximum Gasteiger partial charge on any atom is 0.416 e. The number of alkyl halides is 6. The average molecular weight is 747 g/mol. The summed E-state index contributed by atoms with van der Waals surface area (Å²) in [6, 6.07) is 0.784. The molecule has 2 atom stereocenters. The fourth-order valence-electron chi connectivity index (χ4n) is 6.82. The topological polar surface area (TPSA) is 120 Å². The van der Waals surface area contributed by atoms with Crippen molar-refractivity contribution >= 4 is 23.6 Å². The molecule has 2 fully saturated rings. The summed E-state index contributed by atoms with van der Waals surface area (Å²) < 4.78 is 85.1. The van der Waals surface area contributed by atoms with E-state index in [1.54, 1.807) is 43.1 Å². The van der Waals surface area contributed by atoms with Crippen molar-refractivity contribution in [1.82, 2.24) is 34.6 Å². The summed E-state index contributed by atoms with van der Waals surface area (Å²) in [5.41, 5.74) is -1.48. The molecule has 2 aliphatic rings. The SMILES string of the molecule is CC[C@@H]1C[C@H](N(Cc2cc(C(F)(F)F)cc(C(F)(F)F)c2)c2ncc(-c3cnn(C)c3)cn2)CN1c1nc(N2CCC(O)CC2)ncc1C(=O)N(C)C. The highest BCUT2D eigenvalue weighted by molar-refractivity contribution is 5.98. The van der Waals surface area contributed by atoms with Gasteiger partial charge in [0, 0.05) is 89.3 Å². The van der Waals surface area contributed by atoms with Gasteiger partial charge in [0.1, 0.15) is 11.4 Å². The number of nitrogens with zero attached hydrogens (tertiary/aromatic N) is 10. The highest BCUT2D eigenvalue weighted by Gasteiger charge is 2.41. The summed E-state index contributed by atoms with van der Waals surface area (Å²) >= 11 is 0. The molecule has 18 heteroatoms. The van der Waals surface area contributed by atoms with E-state index >= 15 is 0 Å². The van der Waals surface area contributed by atoms with Crippen molar-refractivity contribution in [2.75, 3.05) is 48.4 Å². The van der Waals surface area contributed by atoms with Crippen molar-refractivity contribution in [3.63, 3.8) is 0 Å². The number of hydrogen-bond acceptors (Lipinski definition) is 10. The maximum absolute atomic E-state index is 13.9. The van der Waals surface area contributed by atoms with Crippen LogP contribution >= 0.6 is 0 Å². The van der Waals surface area contributed by atoms with Crippen LogP contribution in [0.2, 0.25) is 0 Å². The van der Waals surface area contributed by atoms with Crippen LogP contribution < -0.4 is 14.7 Å². The van der Waals surface area contributed by atoms with Crippen LogP contribution in [0.4, 0.5) is 44.1 Å². The minimum Gasteiger partial charge on any atom is -0.393 e. The summed E-state index contributed by atoms with van der Waals surface area (Å²) in [6.45, 7) is 2.80. The fourth-order valence-corrected chi connectivity index (χ4v) is 6.82. The van der Waals surface area contributed by atoms with Gasteiger partial charge in [0.2, 0.25) is 11.9 Å². The second kappa shape index (κ2) is 14.8. The van der Waals surface area contributed by atoms with Crippen molar-refractivity contribution in [3.8, 4) is 11.1 Å². The zero-order valence-electron chi connectivity index (χ0n) is 29.6. The number of benzene rings is 1. The summed E-state index contributed by atoms with van der Waals surface area (Å²) in [7, 11) is 4.96. The Morgan fingerprint density at radius 2 is 1.57 bits per heavy atom. The lowest BCUT2D eigenvalue weighted by Crippen LogP contribution is -2.40. The normalized spacial score (nSPS) is 18.5. The summed E-state index contributed by atoms with van der Waals surface area (Å²) in [4.78, 5) is 38.8. The summed E-state index contributed by atoms with van der Waals surface area (Å²) in [5.74, 6) is 0.509. The number of carbonyl (C=O) groups is 1. The molecular formula is C35H40F6N10O2. The molecule has 6 rings (SSSR count). The van der Waals surface area contributed by atoms with Gasteiger partial charge in [0.25, 0.3) is 5.91 Å². The van der Waals surface area contributed by atoms with Gasteiger partial charge in [-0.2, -0.15) is 36.4 Å². The molecule has 2 saturated heterocycles. The van der Waals surface area contributed by atoms with Crippen molar-refractivity contribution in [1.29, 1.82) is 0 Å². The van der Waals surface area contributed by atoms with E-state index in [2.05, 4.69) is 20.1 Å². The van der Waals surface area contributed by atoms with Gasteiger partial charge < -0.3 is 24.7 Å². The van der Waals surface area contributed by atoms with Crippen molar-refractivity contribution in [3.05, 3.63) is 71.4 Å². The number of anilines is 3. The molecule has 284 valence electrons. The van der Waals surface area contributed by atoms with E-state index in [0.29, 0.717) is 56.1 Å². The fraction of sp³-hybridized carbons (Fsp3) is 0.486. The van der Waals surface area contributed by atoms with E-state index in [-0.39, 0.29) is 48.2 Å². The number of hydrogen-bond donors (Lipinski definition) is 1. The van der Waals surface area contributed by atoms with Crippen LogP contribution in [0.5, 0.6) is 0 Å². The van der Waals surface area contributed by atoms with E-state index in [9.17, 15) is 36.2 Å². The Kier molecular flexibility index (Phi) is 10.5. The van der Waals surface area contributed by atoms with E-state index in [1.165, 1.54) is 23.5 Å². The summed E-state index contributed by atoms with van der Waals surface area (Å²) in [5, 5.41) is 14.2. The molecular weight excluding hydrogens is 706 g/mol. The van der Waals surface area contributed by atoms with Crippen molar-refractivity contribution < 1.29 is 36.2 Å². The smallest absolute Gasteiger partial charge is 0.393 e. The first-order valence-corrected chi connectivity index (χ1v) is 17.2. The van der Waals surface area contributed by atoms with Crippen molar-refractivity contribution in [2.45, 2.75) is 69.7 Å². The van der Waals surface area contributed by atoms with Gasteiger partial charge in [-0.1, -0.05) is 6.92 Å². The molecule has 4 aromatic rings. The van der Waals surface area contributed by atoms with Gasteiger partial charge >= 0.3 is 12.4 Å². The van der Waals surface area contributed by atoms with Gasteiger partial charge in [0.15, 0.2) is 0 Å². The van der Waals surface area contributed by atoms with Crippen LogP contribution in [-0.4, -0.2) is 97.5 Å². The number of rotatable bonds is 9. The highest BCUT2D eigenvalue weighted by Crippen LogP contribution is 2.39. The van der Waals surface area contributed by atoms with Gasteiger partial charge in [0.05, 0.1) is 29.5 Å². The molecule has 0 bridgehead atoms. The molecule has 1 amide bonds. The number of piperidine rings is 1. The minimum absolute atomic E-state index is 0.102. The third-order valence-corrected chi connectivity index (χ3v) is 9.65. The molecule has 1 aromatic carbocycles. The van der Waals surface area contributed by atoms with Gasteiger partial charge in [-0.05, 0) is 49.4 Å². The molecule has 2 aliphatic heterocycles. The first-order valence-electron chi connectivity index (χ1n) is 17.2. The second-order valence-corrected chi connectivity index (χ2v) is 13.6. The molecule has 5 heterocycles. The molecule has 1 N–H and O–H groups in total. The Morgan fingerprint density at radius 1 is 0.925 bits per heavy atom. The lowest BCUT2D eigenvalue weighted by molar-refractivity contribution is -0.143. The maximum atomic E-state index is 13.9. The Bertz CT molecular complexity index is 1880. The quantitative estimate of drug-likeness (QED) is 0.222. The predicted molar refractivity (Wildman–Crippen MR) is 184 cm³/mol. The number of halogens is 6. The molecule has 0 spiro atoms. The number of amides is 1. The van der Waals surface area contributed by atoms with Crippen LogP contribution in [-0.2, 0) is 25.9 Å². The Hall–Kier alpha value is -5.00. The van der Waals surface area contributed by atoms with E-state index in [1.807, 2.05) is 16.7 Å². The van der Waals surface area contributed by atoms with E-state index in [4.69, 9.17) is 4.98 Å². The number of aliphatic hydroxyl groups excluding tert-OH is 1. The Balaban J connectivity index is 1.41. The van der Waals surface area contributed by atoms with Gasteiger partial charge in [-0.3, -0.25) is 9.48 Å². The lowest BCUT2D eigenvalue weighted by Gasteiger charge is -2.32. The molecule has 0 radical (unpaired) electrons. The molecule has 0 aliphatic carbocycles. The average Bonchev–Trinajstić information content (AvgIpc) is 3.76. The third-order valence-electron chi connectivity index (χ3n) is 9.65. The molecule has 0 unspecified atom stereocenters. The Labute approximate surface area is 302 Å². The third kappa shape index (κ3) is 8.31. The van der Waals surface area contributed by atoms with E-state index < -0.39 is 35.6 Å². The Morgan fingerprint density at radius 3 is 2.11 bits per heavy atom. The number of aromatic nitrogens is 6. The molecule has 53 heavy (non-hydrogen) atoms. The first kappa shape index (κ1) is 37.7. The summed E-state index contributed by atoms with van der Waals surface area (Å²) in [6.07, 6.45) is -0.518. The zero-order valence-corrected chi connectivity index (χ0v) is 29.6. The van der Waals surface area contributed by atoms with Gasteiger partial charge in [-0.25, -0.2) is 15.0 Å². The molecule has 12 nitrogen and oxygen atoms in total. The van der Waals surface area contributed by atoms with Crippen LogP contribution in [0.25, 0.3) is 11.1 Å². The number of carbonyl (C=O) groups excluding carboxylic acids is 1. The van der Waals surface area contributed by atoms with Gasteiger partial charge in [-0.15, -0.1) is 0 Å². The van der Waals surface area contributed by atoms with Crippen LogP contribution in [0.3, 0.4) is 0 Å². The predicted octanol–water partition coefficient (Wildman–Crippen LogP) is 5.43. The largest absolute Gasteiger partial charge is 0.416 e. The second-order valence-electron chi connectivity index (χ2n) is 13.6. The molecule has 0 saturated carbocycles. The molecule has 3 aromatic heterocycles. The van der Waals surface area contributed by atoms with Crippen LogP contribution in [0.15, 0.2) is 49.2 Å².